The molecule has 1 aliphatic carbocycles. The van der Waals surface area contributed by atoms with Crippen molar-refractivity contribution in [1.82, 2.24) is 14.5 Å². The molecular weight excluding hydrogens is 506 g/mol. The molecule has 0 spiro atoms. The summed E-state index contributed by atoms with van der Waals surface area (Å²) in [6.45, 7) is 1.54. The van der Waals surface area contributed by atoms with Crippen LogP contribution in [0.15, 0.2) is 52.7 Å². The Morgan fingerprint density at radius 2 is 1.76 bits per heavy atom. The van der Waals surface area contributed by atoms with Crippen molar-refractivity contribution in [2.75, 3.05) is 40.3 Å². The Morgan fingerprint density at radius 3 is 2.38 bits per heavy atom. The highest BCUT2D eigenvalue weighted by atomic mass is 32.2. The summed E-state index contributed by atoms with van der Waals surface area (Å²) in [4.78, 5) is 16.5. The first-order chi connectivity index (χ1) is 17.8. The van der Waals surface area contributed by atoms with Gasteiger partial charge in [-0.2, -0.15) is 4.31 Å². The number of hydrogen-bond acceptors (Lipinski definition) is 6. The molecule has 1 unspecified atom stereocenters. The molecule has 2 aromatic rings. The van der Waals surface area contributed by atoms with Crippen LogP contribution in [-0.2, 0) is 19.6 Å². The number of thiophene rings is 1. The molecule has 1 saturated heterocycles. The SMILES string of the molecule is CN(C)C(c1cccs1)C1CCC(CCNC(=O)COC2CCN(S(=O)(=O)c3ccccc3)CC2)CC1. The van der Waals surface area contributed by atoms with Crippen LogP contribution < -0.4 is 5.32 Å². The van der Waals surface area contributed by atoms with E-state index >= 15 is 0 Å². The molecule has 1 N–H and O–H groups in total. The predicted molar refractivity (Wildman–Crippen MR) is 148 cm³/mol. The Labute approximate surface area is 226 Å². The van der Waals surface area contributed by atoms with Gasteiger partial charge in [0.15, 0.2) is 0 Å². The highest BCUT2D eigenvalue weighted by Crippen LogP contribution is 2.41. The van der Waals surface area contributed by atoms with Gasteiger partial charge < -0.3 is 15.0 Å². The highest BCUT2D eigenvalue weighted by Gasteiger charge is 2.31. The van der Waals surface area contributed by atoms with Crippen LogP contribution in [0, 0.1) is 11.8 Å². The number of benzene rings is 1. The van der Waals surface area contributed by atoms with Crippen LogP contribution >= 0.6 is 11.3 Å². The molecule has 7 nitrogen and oxygen atoms in total. The number of rotatable bonds is 11. The van der Waals surface area contributed by atoms with E-state index in [-0.39, 0.29) is 18.6 Å². The third kappa shape index (κ3) is 7.63. The van der Waals surface area contributed by atoms with Crippen LogP contribution in [-0.4, -0.2) is 70.0 Å². The second-order valence-electron chi connectivity index (χ2n) is 10.6. The summed E-state index contributed by atoms with van der Waals surface area (Å²) in [6, 6.07) is 13.4. The van der Waals surface area contributed by atoms with Gasteiger partial charge >= 0.3 is 0 Å². The maximum atomic E-state index is 12.8. The van der Waals surface area contributed by atoms with E-state index in [1.807, 2.05) is 17.4 Å². The van der Waals surface area contributed by atoms with E-state index < -0.39 is 10.0 Å². The van der Waals surface area contributed by atoms with Gasteiger partial charge in [0, 0.05) is 30.6 Å². The van der Waals surface area contributed by atoms with E-state index in [1.165, 1.54) is 34.9 Å². The van der Waals surface area contributed by atoms with Crippen LogP contribution in [0.1, 0.15) is 55.9 Å². The van der Waals surface area contributed by atoms with Gasteiger partial charge in [0.05, 0.1) is 11.0 Å². The first-order valence-corrected chi connectivity index (χ1v) is 15.8. The summed E-state index contributed by atoms with van der Waals surface area (Å²) in [5, 5.41) is 5.19. The summed E-state index contributed by atoms with van der Waals surface area (Å²) < 4.78 is 32.9. The number of piperidine rings is 1. The van der Waals surface area contributed by atoms with Crippen molar-refractivity contribution in [3.05, 3.63) is 52.7 Å². The first kappa shape index (κ1) is 28.2. The molecule has 1 aromatic carbocycles. The lowest BCUT2D eigenvalue weighted by atomic mass is 9.76. The number of nitrogens with zero attached hydrogens (tertiary/aromatic N) is 2. The summed E-state index contributed by atoms with van der Waals surface area (Å²) >= 11 is 1.86. The molecule has 2 fully saturated rings. The number of carbonyl (C=O) groups excluding carboxylic acids is 1. The van der Waals surface area contributed by atoms with Gasteiger partial charge in [-0.05, 0) is 81.6 Å². The Morgan fingerprint density at radius 1 is 1.05 bits per heavy atom. The second-order valence-corrected chi connectivity index (χ2v) is 13.5. The van der Waals surface area contributed by atoms with Crippen LogP contribution in [0.5, 0.6) is 0 Å². The minimum atomic E-state index is -3.47. The fourth-order valence-corrected chi connectivity index (χ4v) is 8.31. The highest BCUT2D eigenvalue weighted by molar-refractivity contribution is 7.89. The molecule has 0 radical (unpaired) electrons. The summed E-state index contributed by atoms with van der Waals surface area (Å²) in [5.41, 5.74) is 0. The van der Waals surface area contributed by atoms with E-state index in [4.69, 9.17) is 4.74 Å². The average molecular weight is 548 g/mol. The normalized spacial score (nSPS) is 22.7. The molecule has 204 valence electrons. The maximum absolute atomic E-state index is 12.8. The van der Waals surface area contributed by atoms with Crippen LogP contribution in [0.3, 0.4) is 0 Å². The number of sulfonamides is 1. The smallest absolute Gasteiger partial charge is 0.246 e. The molecular formula is C28H41N3O4S2. The van der Waals surface area contributed by atoms with Gasteiger partial charge in [-0.1, -0.05) is 37.1 Å². The van der Waals surface area contributed by atoms with Gasteiger partial charge in [0.2, 0.25) is 15.9 Å². The minimum Gasteiger partial charge on any atom is -0.368 e. The largest absolute Gasteiger partial charge is 0.368 e. The lowest BCUT2D eigenvalue weighted by molar-refractivity contribution is -0.128. The number of ether oxygens (including phenoxy) is 1. The van der Waals surface area contributed by atoms with Gasteiger partial charge in [0.25, 0.3) is 0 Å². The lowest BCUT2D eigenvalue weighted by Crippen LogP contribution is -2.41. The topological polar surface area (TPSA) is 79.0 Å². The predicted octanol–water partition coefficient (Wildman–Crippen LogP) is 4.53. The fourth-order valence-electron chi connectivity index (χ4n) is 5.80. The molecule has 1 aliphatic heterocycles. The van der Waals surface area contributed by atoms with Gasteiger partial charge in [-0.25, -0.2) is 8.42 Å². The molecule has 1 atom stereocenters. The summed E-state index contributed by atoms with van der Waals surface area (Å²) in [5.74, 6) is 1.28. The van der Waals surface area contributed by atoms with Crippen molar-refractivity contribution in [3.63, 3.8) is 0 Å². The molecule has 9 heteroatoms. The van der Waals surface area contributed by atoms with Crippen molar-refractivity contribution in [2.45, 2.75) is 62.0 Å². The third-order valence-corrected chi connectivity index (χ3v) is 10.7. The van der Waals surface area contributed by atoms with E-state index in [1.54, 1.807) is 24.3 Å². The molecule has 37 heavy (non-hydrogen) atoms. The molecule has 0 bridgehead atoms. The zero-order chi connectivity index (χ0) is 26.3. The molecule has 1 saturated carbocycles. The second kappa shape index (κ2) is 13.3. The first-order valence-electron chi connectivity index (χ1n) is 13.5. The standard InChI is InChI=1S/C28H41N3O4S2/c1-30(2)28(26-9-6-20-36-26)23-12-10-22(11-13-23)14-17-29-27(32)21-35-24-15-18-31(19-16-24)37(33,34)25-7-4-3-5-8-25/h3-9,20,22-24,28H,10-19,21H2,1-2H3,(H,29,32). The number of nitrogens with one attached hydrogen (secondary N) is 1. The zero-order valence-corrected chi connectivity index (χ0v) is 23.7. The van der Waals surface area contributed by atoms with Crippen molar-refractivity contribution in [3.8, 4) is 0 Å². The molecule has 1 amide bonds. The Hall–Kier alpha value is -1.78. The van der Waals surface area contributed by atoms with E-state index in [2.05, 4.69) is 41.8 Å². The minimum absolute atomic E-state index is 0.0359. The molecule has 1 aromatic heterocycles. The van der Waals surface area contributed by atoms with E-state index in [0.717, 1.165) is 6.42 Å². The van der Waals surface area contributed by atoms with Crippen LogP contribution in [0.25, 0.3) is 0 Å². The summed E-state index contributed by atoms with van der Waals surface area (Å²) in [6.07, 6.45) is 7.04. The van der Waals surface area contributed by atoms with Crippen molar-refractivity contribution >= 4 is 27.3 Å². The van der Waals surface area contributed by atoms with Gasteiger partial charge in [-0.15, -0.1) is 11.3 Å². The number of amides is 1. The fraction of sp³-hybridized carbons (Fsp3) is 0.607. The lowest BCUT2D eigenvalue weighted by Gasteiger charge is -2.37. The van der Waals surface area contributed by atoms with Crippen molar-refractivity contribution in [1.29, 1.82) is 0 Å². The molecule has 4 rings (SSSR count). The maximum Gasteiger partial charge on any atom is 0.246 e. The Balaban J connectivity index is 1.10. The summed E-state index contributed by atoms with van der Waals surface area (Å²) in [7, 11) is 0.902. The monoisotopic (exact) mass is 547 g/mol. The zero-order valence-electron chi connectivity index (χ0n) is 22.1. The van der Waals surface area contributed by atoms with Crippen LogP contribution in [0.2, 0.25) is 0 Å². The van der Waals surface area contributed by atoms with E-state index in [0.29, 0.717) is 55.2 Å². The molecule has 2 heterocycles. The van der Waals surface area contributed by atoms with Crippen molar-refractivity contribution < 1.29 is 17.9 Å². The van der Waals surface area contributed by atoms with Gasteiger partial charge in [-0.3, -0.25) is 4.79 Å². The van der Waals surface area contributed by atoms with E-state index in [9.17, 15) is 13.2 Å². The molecule has 2 aliphatic rings. The van der Waals surface area contributed by atoms with Gasteiger partial charge in [0.1, 0.15) is 6.61 Å². The third-order valence-electron chi connectivity index (χ3n) is 7.84. The Bertz CT molecular complexity index is 1060. The Kier molecular flexibility index (Phi) is 10.2. The van der Waals surface area contributed by atoms with Crippen LogP contribution in [0.4, 0.5) is 0 Å². The van der Waals surface area contributed by atoms with Crippen molar-refractivity contribution in [2.24, 2.45) is 11.8 Å². The average Bonchev–Trinajstić information content (AvgIpc) is 3.43. The quantitative estimate of drug-likeness (QED) is 0.447. The number of hydrogen-bond donors (Lipinski definition) is 1. The number of carbonyl (C=O) groups is 1.